The summed E-state index contributed by atoms with van der Waals surface area (Å²) in [5.41, 5.74) is 0. The summed E-state index contributed by atoms with van der Waals surface area (Å²) in [6.07, 6.45) is 0.436. The minimum atomic E-state index is -1.51. The molecule has 3 nitrogen and oxygen atoms in total. The molecule has 0 amide bonds. The zero-order chi connectivity index (χ0) is 9.78. The maximum Gasteiger partial charge on any atom is 0.305 e. The molecule has 0 aliphatic carbocycles. The predicted molar refractivity (Wildman–Crippen MR) is 46.3 cm³/mol. The highest BCUT2D eigenvalue weighted by Crippen LogP contribution is 2.30. The fourth-order valence-electron chi connectivity index (χ4n) is 0.586. The second-order valence-electron chi connectivity index (χ2n) is 2.47. The monoisotopic (exact) mass is 212 g/mol. The van der Waals surface area contributed by atoms with Crippen LogP contribution in [0.25, 0.3) is 0 Å². The van der Waals surface area contributed by atoms with Gasteiger partial charge in [0.15, 0.2) is 10.6 Å². The topological polar surface area (TPSA) is 43.4 Å². The molecule has 0 heterocycles. The van der Waals surface area contributed by atoms with Crippen LogP contribution >= 0.6 is 23.2 Å². The minimum Gasteiger partial charge on any atom is -0.469 e. The van der Waals surface area contributed by atoms with Gasteiger partial charge in [-0.15, -0.1) is 0 Å². The molecule has 12 heavy (non-hydrogen) atoms. The van der Waals surface area contributed by atoms with Gasteiger partial charge in [0, 0.05) is 5.92 Å². The van der Waals surface area contributed by atoms with Crippen molar-refractivity contribution in [2.75, 3.05) is 7.11 Å². The van der Waals surface area contributed by atoms with Crippen LogP contribution < -0.4 is 0 Å². The van der Waals surface area contributed by atoms with Crippen molar-refractivity contribution in [3.05, 3.63) is 0 Å². The number of hydrogen-bond donors (Lipinski definition) is 0. The van der Waals surface area contributed by atoms with Gasteiger partial charge in [-0.05, 0) is 0 Å². The molecule has 0 aliphatic rings. The number of halogens is 2. The number of hydrogen-bond acceptors (Lipinski definition) is 3. The Hall–Kier alpha value is -0.280. The van der Waals surface area contributed by atoms with E-state index in [1.54, 1.807) is 6.92 Å². The molecule has 0 rings (SSSR count). The Morgan fingerprint density at radius 1 is 1.67 bits per heavy atom. The molecule has 0 saturated carbocycles. The van der Waals surface area contributed by atoms with Gasteiger partial charge in [0.25, 0.3) is 0 Å². The van der Waals surface area contributed by atoms with E-state index < -0.39 is 16.2 Å². The lowest BCUT2D eigenvalue weighted by Crippen LogP contribution is -2.27. The zero-order valence-corrected chi connectivity index (χ0v) is 8.35. The van der Waals surface area contributed by atoms with Crippen LogP contribution in [0.5, 0.6) is 0 Å². The Bertz CT molecular complexity index is 179. The Morgan fingerprint density at radius 2 is 2.17 bits per heavy atom. The van der Waals surface area contributed by atoms with Crippen molar-refractivity contribution in [2.24, 2.45) is 5.92 Å². The molecule has 0 aliphatic heterocycles. The van der Waals surface area contributed by atoms with E-state index in [4.69, 9.17) is 23.2 Å². The molecule has 0 radical (unpaired) electrons. The number of alkyl halides is 2. The lowest BCUT2D eigenvalue weighted by Gasteiger charge is -2.19. The molecule has 0 spiro atoms. The highest BCUT2D eigenvalue weighted by Gasteiger charge is 2.32. The van der Waals surface area contributed by atoms with Crippen molar-refractivity contribution in [3.8, 4) is 0 Å². The third kappa shape index (κ3) is 3.41. The van der Waals surface area contributed by atoms with Crippen LogP contribution in [0, 0.1) is 5.92 Å². The number of esters is 1. The first-order valence-electron chi connectivity index (χ1n) is 3.35. The zero-order valence-electron chi connectivity index (χ0n) is 6.84. The quantitative estimate of drug-likeness (QED) is 0.404. The molecular formula is C7H10Cl2O3. The van der Waals surface area contributed by atoms with E-state index in [0.717, 1.165) is 0 Å². The minimum absolute atomic E-state index is 0.0300. The highest BCUT2D eigenvalue weighted by atomic mass is 35.5. The van der Waals surface area contributed by atoms with Gasteiger partial charge < -0.3 is 9.53 Å². The van der Waals surface area contributed by atoms with E-state index in [9.17, 15) is 9.59 Å². The van der Waals surface area contributed by atoms with Crippen molar-refractivity contribution in [1.29, 1.82) is 0 Å². The first-order valence-corrected chi connectivity index (χ1v) is 4.10. The maximum atomic E-state index is 10.7. The van der Waals surface area contributed by atoms with Gasteiger partial charge in [-0.25, -0.2) is 0 Å². The van der Waals surface area contributed by atoms with Crippen molar-refractivity contribution < 1.29 is 14.3 Å². The summed E-state index contributed by atoms with van der Waals surface area (Å²) in [6.45, 7) is 1.60. The van der Waals surface area contributed by atoms with E-state index in [-0.39, 0.29) is 6.42 Å². The number of carbonyl (C=O) groups excluding carboxylic acids is 2. The summed E-state index contributed by atoms with van der Waals surface area (Å²) in [5, 5.41) is 0. The molecule has 0 saturated heterocycles. The number of carbonyl (C=O) groups is 2. The van der Waals surface area contributed by atoms with Crippen LogP contribution in [0.3, 0.4) is 0 Å². The van der Waals surface area contributed by atoms with Crippen molar-refractivity contribution in [2.45, 2.75) is 17.7 Å². The average molecular weight is 213 g/mol. The van der Waals surface area contributed by atoms with Crippen LogP contribution in [0.2, 0.25) is 0 Å². The number of ether oxygens (including phenoxy) is 1. The summed E-state index contributed by atoms with van der Waals surface area (Å²) >= 11 is 11.1. The molecule has 0 fully saturated rings. The summed E-state index contributed by atoms with van der Waals surface area (Å²) in [4.78, 5) is 21.1. The smallest absolute Gasteiger partial charge is 0.305 e. The van der Waals surface area contributed by atoms with Crippen LogP contribution in [-0.2, 0) is 14.3 Å². The van der Waals surface area contributed by atoms with E-state index in [2.05, 4.69) is 4.74 Å². The molecule has 5 heteroatoms. The normalized spacial score (nSPS) is 13.7. The Kier molecular flexibility index (Phi) is 4.57. The standard InChI is InChI=1S/C7H10Cl2O3/c1-5(3-6(11)12-2)7(8,9)4-10/h4-5H,3H2,1-2H3/t5-/m1/s1. The second-order valence-corrected chi connectivity index (χ2v) is 3.92. The number of aldehydes is 1. The number of rotatable bonds is 4. The van der Waals surface area contributed by atoms with Crippen molar-refractivity contribution in [1.82, 2.24) is 0 Å². The summed E-state index contributed by atoms with van der Waals surface area (Å²) < 4.78 is 2.88. The largest absolute Gasteiger partial charge is 0.469 e. The lowest BCUT2D eigenvalue weighted by atomic mass is 10.0. The van der Waals surface area contributed by atoms with Crippen LogP contribution in [0.15, 0.2) is 0 Å². The average Bonchev–Trinajstić information content (AvgIpc) is 2.04. The van der Waals surface area contributed by atoms with Gasteiger partial charge in [0.1, 0.15) is 0 Å². The van der Waals surface area contributed by atoms with E-state index in [1.165, 1.54) is 7.11 Å². The Balaban J connectivity index is 4.11. The van der Waals surface area contributed by atoms with Gasteiger partial charge in [0.05, 0.1) is 13.5 Å². The fourth-order valence-corrected chi connectivity index (χ4v) is 0.740. The molecule has 0 bridgehead atoms. The van der Waals surface area contributed by atoms with Crippen LogP contribution in [0.4, 0.5) is 0 Å². The van der Waals surface area contributed by atoms with E-state index in [0.29, 0.717) is 6.29 Å². The van der Waals surface area contributed by atoms with Gasteiger partial charge in [-0.1, -0.05) is 30.1 Å². The van der Waals surface area contributed by atoms with E-state index >= 15 is 0 Å². The van der Waals surface area contributed by atoms with Gasteiger partial charge >= 0.3 is 5.97 Å². The third-order valence-corrected chi connectivity index (χ3v) is 2.44. The Labute approximate surface area is 81.0 Å². The SMILES string of the molecule is COC(=O)C[C@@H](C)C(Cl)(Cl)C=O. The molecule has 0 aromatic heterocycles. The fraction of sp³-hybridized carbons (Fsp3) is 0.714. The van der Waals surface area contributed by atoms with E-state index in [1.807, 2.05) is 0 Å². The highest BCUT2D eigenvalue weighted by molar-refractivity contribution is 6.55. The molecule has 0 unspecified atom stereocenters. The summed E-state index contributed by atoms with van der Waals surface area (Å²) in [6, 6.07) is 0. The van der Waals surface area contributed by atoms with Gasteiger partial charge in [-0.3, -0.25) is 4.79 Å². The summed E-state index contributed by atoms with van der Waals surface area (Å²) in [5.74, 6) is -0.888. The molecule has 0 aromatic rings. The summed E-state index contributed by atoms with van der Waals surface area (Å²) in [7, 11) is 1.26. The molecule has 0 N–H and O–H groups in total. The molecular weight excluding hydrogens is 203 g/mol. The van der Waals surface area contributed by atoms with Crippen LogP contribution in [-0.4, -0.2) is 23.7 Å². The Morgan fingerprint density at radius 3 is 2.50 bits per heavy atom. The van der Waals surface area contributed by atoms with Gasteiger partial charge in [0.2, 0.25) is 0 Å². The van der Waals surface area contributed by atoms with Crippen molar-refractivity contribution in [3.63, 3.8) is 0 Å². The van der Waals surface area contributed by atoms with Crippen molar-refractivity contribution >= 4 is 35.5 Å². The first-order chi connectivity index (χ1) is 5.44. The second kappa shape index (κ2) is 4.67. The molecule has 1 atom stereocenters. The first kappa shape index (κ1) is 11.7. The lowest BCUT2D eigenvalue weighted by molar-refractivity contribution is -0.141. The van der Waals surface area contributed by atoms with Crippen LogP contribution in [0.1, 0.15) is 13.3 Å². The third-order valence-electron chi connectivity index (χ3n) is 1.51. The van der Waals surface area contributed by atoms with Gasteiger partial charge in [-0.2, -0.15) is 0 Å². The predicted octanol–water partition coefficient (Wildman–Crippen LogP) is 1.56. The number of methoxy groups -OCH3 is 1. The maximum absolute atomic E-state index is 10.7. The molecule has 70 valence electrons. The molecule has 0 aromatic carbocycles.